The molecule has 0 atom stereocenters. The zero-order valence-corrected chi connectivity index (χ0v) is 15.4. The molecule has 0 aromatic heterocycles. The predicted molar refractivity (Wildman–Crippen MR) is 90.8 cm³/mol. The summed E-state index contributed by atoms with van der Waals surface area (Å²) in [6.07, 6.45) is 1.51. The molecule has 7 heteroatoms. The minimum atomic E-state index is -0.321. The Bertz CT molecular complexity index is 453. The van der Waals surface area contributed by atoms with E-state index in [1.165, 1.54) is 0 Å². The second-order valence-electron chi connectivity index (χ2n) is 7.65. The van der Waals surface area contributed by atoms with Crippen molar-refractivity contribution in [3.63, 3.8) is 0 Å². The summed E-state index contributed by atoms with van der Waals surface area (Å²) in [6, 6.07) is -0.0302. The largest absolute Gasteiger partial charge is 0.372 e. The molecular formula is C17H31N3O4. The number of urea groups is 1. The van der Waals surface area contributed by atoms with Gasteiger partial charge in [-0.05, 0) is 40.5 Å². The molecule has 2 heterocycles. The predicted octanol–water partition coefficient (Wildman–Crippen LogP) is 1.22. The zero-order valence-electron chi connectivity index (χ0n) is 15.4. The number of ether oxygens (including phenoxy) is 2. The summed E-state index contributed by atoms with van der Waals surface area (Å²) in [4.78, 5) is 28.1. The van der Waals surface area contributed by atoms with Gasteiger partial charge in [0.25, 0.3) is 0 Å². The smallest absolute Gasteiger partial charge is 0.317 e. The third-order valence-corrected chi connectivity index (χ3v) is 4.47. The number of hydrogen-bond acceptors (Lipinski definition) is 4. The third-order valence-electron chi connectivity index (χ3n) is 4.47. The Balaban J connectivity index is 1.87. The molecule has 2 aliphatic rings. The van der Waals surface area contributed by atoms with Gasteiger partial charge < -0.3 is 24.6 Å². The zero-order chi connectivity index (χ0) is 17.8. The number of piperidine rings is 1. The van der Waals surface area contributed by atoms with Gasteiger partial charge in [0.15, 0.2) is 0 Å². The average molecular weight is 341 g/mol. The summed E-state index contributed by atoms with van der Waals surface area (Å²) >= 11 is 0. The molecule has 0 aromatic carbocycles. The lowest BCUT2D eigenvalue weighted by Crippen LogP contribution is -2.60. The van der Waals surface area contributed by atoms with E-state index in [0.29, 0.717) is 39.4 Å². The molecular weight excluding hydrogens is 310 g/mol. The fraction of sp³-hybridized carbons (Fsp3) is 0.882. The van der Waals surface area contributed by atoms with E-state index in [1.807, 2.05) is 37.5 Å². The molecule has 0 aliphatic carbocycles. The SMILES string of the molecule is CCOCC(=O)N1CCOC2(CCN(C(=O)NC(C)(C)C)CC2)C1. The summed E-state index contributed by atoms with van der Waals surface area (Å²) in [5.74, 6) is 0.0208. The molecule has 2 fully saturated rings. The monoisotopic (exact) mass is 341 g/mol. The number of morpholine rings is 1. The summed E-state index contributed by atoms with van der Waals surface area (Å²) in [5.41, 5.74) is -0.561. The molecule has 1 N–H and O–H groups in total. The minimum Gasteiger partial charge on any atom is -0.372 e. The number of amides is 3. The summed E-state index contributed by atoms with van der Waals surface area (Å²) < 4.78 is 11.3. The third kappa shape index (κ3) is 5.08. The quantitative estimate of drug-likeness (QED) is 0.838. The fourth-order valence-corrected chi connectivity index (χ4v) is 3.16. The first-order valence-electron chi connectivity index (χ1n) is 8.81. The second kappa shape index (κ2) is 7.70. The van der Waals surface area contributed by atoms with Gasteiger partial charge in [-0.3, -0.25) is 4.79 Å². The van der Waals surface area contributed by atoms with E-state index in [1.54, 1.807) is 0 Å². The van der Waals surface area contributed by atoms with Gasteiger partial charge in [-0.2, -0.15) is 0 Å². The molecule has 2 aliphatic heterocycles. The van der Waals surface area contributed by atoms with Gasteiger partial charge in [-0.1, -0.05) is 0 Å². The Morgan fingerprint density at radius 1 is 1.17 bits per heavy atom. The maximum atomic E-state index is 12.3. The van der Waals surface area contributed by atoms with E-state index < -0.39 is 0 Å². The van der Waals surface area contributed by atoms with E-state index in [4.69, 9.17) is 9.47 Å². The topological polar surface area (TPSA) is 71.1 Å². The Kier molecular flexibility index (Phi) is 6.09. The molecule has 0 unspecified atom stereocenters. The van der Waals surface area contributed by atoms with Crippen LogP contribution in [0.1, 0.15) is 40.5 Å². The number of carbonyl (C=O) groups excluding carboxylic acids is 2. The van der Waals surface area contributed by atoms with E-state index in [-0.39, 0.29) is 29.7 Å². The molecule has 2 rings (SSSR count). The number of nitrogens with zero attached hydrogens (tertiary/aromatic N) is 2. The number of likely N-dealkylation sites (tertiary alicyclic amines) is 1. The van der Waals surface area contributed by atoms with Crippen LogP contribution in [0.5, 0.6) is 0 Å². The molecule has 0 bridgehead atoms. The highest BCUT2D eigenvalue weighted by Crippen LogP contribution is 2.30. The molecule has 24 heavy (non-hydrogen) atoms. The van der Waals surface area contributed by atoms with E-state index in [2.05, 4.69) is 5.32 Å². The van der Waals surface area contributed by atoms with Crippen molar-refractivity contribution in [1.82, 2.24) is 15.1 Å². The van der Waals surface area contributed by atoms with Crippen LogP contribution in [0.15, 0.2) is 0 Å². The van der Waals surface area contributed by atoms with E-state index >= 15 is 0 Å². The Labute approximate surface area is 144 Å². The highest BCUT2D eigenvalue weighted by Gasteiger charge is 2.42. The molecule has 0 aromatic rings. The molecule has 3 amide bonds. The molecule has 0 radical (unpaired) electrons. The Hall–Kier alpha value is -1.34. The van der Waals surface area contributed by atoms with E-state index in [9.17, 15) is 9.59 Å². The molecule has 0 saturated carbocycles. The lowest BCUT2D eigenvalue weighted by Gasteiger charge is -2.47. The number of hydrogen-bond donors (Lipinski definition) is 1. The highest BCUT2D eigenvalue weighted by molar-refractivity contribution is 5.77. The van der Waals surface area contributed by atoms with Crippen LogP contribution >= 0.6 is 0 Å². The van der Waals surface area contributed by atoms with Gasteiger partial charge in [-0.25, -0.2) is 4.79 Å². The van der Waals surface area contributed by atoms with Crippen molar-refractivity contribution in [2.75, 3.05) is 46.0 Å². The fourth-order valence-electron chi connectivity index (χ4n) is 3.16. The summed E-state index contributed by atoms with van der Waals surface area (Å²) in [5, 5.41) is 3.00. The summed E-state index contributed by atoms with van der Waals surface area (Å²) in [6.45, 7) is 11.5. The van der Waals surface area contributed by atoms with Gasteiger partial charge in [-0.15, -0.1) is 0 Å². The number of carbonyl (C=O) groups is 2. The van der Waals surface area contributed by atoms with Crippen LogP contribution < -0.4 is 5.32 Å². The maximum Gasteiger partial charge on any atom is 0.317 e. The van der Waals surface area contributed by atoms with Crippen molar-refractivity contribution >= 4 is 11.9 Å². The lowest BCUT2D eigenvalue weighted by atomic mass is 9.89. The van der Waals surface area contributed by atoms with E-state index in [0.717, 1.165) is 12.8 Å². The van der Waals surface area contributed by atoms with Gasteiger partial charge >= 0.3 is 6.03 Å². The maximum absolute atomic E-state index is 12.3. The normalized spacial score (nSPS) is 21.0. The first-order valence-corrected chi connectivity index (χ1v) is 8.81. The number of rotatable bonds is 3. The average Bonchev–Trinajstić information content (AvgIpc) is 2.51. The summed E-state index contributed by atoms with van der Waals surface area (Å²) in [7, 11) is 0. The lowest BCUT2D eigenvalue weighted by molar-refractivity contribution is -0.161. The van der Waals surface area contributed by atoms with Crippen molar-refractivity contribution in [1.29, 1.82) is 0 Å². The van der Waals surface area contributed by atoms with Crippen LogP contribution in [-0.2, 0) is 14.3 Å². The standard InChI is InChI=1S/C17H31N3O4/c1-5-23-12-14(21)20-10-11-24-17(13-20)6-8-19(9-7-17)15(22)18-16(2,3)4/h5-13H2,1-4H3,(H,18,22). The van der Waals surface area contributed by atoms with Crippen molar-refractivity contribution in [2.24, 2.45) is 0 Å². The first-order chi connectivity index (χ1) is 11.2. The van der Waals surface area contributed by atoms with Crippen LogP contribution in [0.2, 0.25) is 0 Å². The van der Waals surface area contributed by atoms with Crippen LogP contribution in [0.3, 0.4) is 0 Å². The first kappa shape index (κ1) is 19.0. The van der Waals surface area contributed by atoms with Crippen LogP contribution in [-0.4, -0.2) is 78.9 Å². The van der Waals surface area contributed by atoms with Crippen molar-refractivity contribution in [3.05, 3.63) is 0 Å². The van der Waals surface area contributed by atoms with Crippen molar-refractivity contribution in [3.8, 4) is 0 Å². The van der Waals surface area contributed by atoms with Crippen LogP contribution in [0.25, 0.3) is 0 Å². The highest BCUT2D eigenvalue weighted by atomic mass is 16.5. The molecule has 2 saturated heterocycles. The molecule has 138 valence electrons. The number of nitrogens with one attached hydrogen (secondary N) is 1. The Morgan fingerprint density at radius 2 is 1.83 bits per heavy atom. The van der Waals surface area contributed by atoms with Crippen LogP contribution in [0, 0.1) is 0 Å². The molecule has 1 spiro atoms. The van der Waals surface area contributed by atoms with Crippen molar-refractivity contribution < 1.29 is 19.1 Å². The minimum absolute atomic E-state index is 0.0208. The van der Waals surface area contributed by atoms with Crippen molar-refractivity contribution in [2.45, 2.75) is 51.7 Å². The van der Waals surface area contributed by atoms with Gasteiger partial charge in [0.2, 0.25) is 5.91 Å². The molecule has 7 nitrogen and oxygen atoms in total. The van der Waals surface area contributed by atoms with Gasteiger partial charge in [0.1, 0.15) is 6.61 Å². The van der Waals surface area contributed by atoms with Gasteiger partial charge in [0.05, 0.1) is 12.2 Å². The Morgan fingerprint density at radius 3 is 2.42 bits per heavy atom. The second-order valence-corrected chi connectivity index (χ2v) is 7.65. The van der Waals surface area contributed by atoms with Gasteiger partial charge in [0, 0.05) is 38.3 Å². The van der Waals surface area contributed by atoms with Crippen LogP contribution in [0.4, 0.5) is 4.79 Å².